The summed E-state index contributed by atoms with van der Waals surface area (Å²) >= 11 is 1.85. The molecule has 4 heteroatoms. The smallest absolute Gasteiger partial charge is 0.0109 e. The van der Waals surface area contributed by atoms with Crippen LogP contribution in [0.2, 0.25) is 0 Å². The van der Waals surface area contributed by atoms with E-state index in [0.717, 1.165) is 26.1 Å². The topological polar surface area (TPSA) is 18.5 Å². The number of likely N-dealkylation sites (tertiary alicyclic amines) is 1. The summed E-state index contributed by atoms with van der Waals surface area (Å²) in [5, 5.41) is 5.69. The van der Waals surface area contributed by atoms with Crippen molar-refractivity contribution in [2.75, 3.05) is 52.9 Å². The molecule has 1 N–H and O–H groups in total. The predicted octanol–water partition coefficient (Wildman–Crippen LogP) is 1.91. The van der Waals surface area contributed by atoms with Crippen molar-refractivity contribution >= 4 is 11.3 Å². The van der Waals surface area contributed by atoms with Crippen molar-refractivity contribution in [2.45, 2.75) is 19.3 Å². The van der Waals surface area contributed by atoms with Crippen LogP contribution in [0.5, 0.6) is 0 Å². The molecule has 3 nitrogen and oxygen atoms in total. The molecule has 0 aromatic carbocycles. The molecule has 1 fully saturated rings. The van der Waals surface area contributed by atoms with Crippen molar-refractivity contribution in [2.24, 2.45) is 0 Å². The Hall–Kier alpha value is -0.420. The summed E-state index contributed by atoms with van der Waals surface area (Å²) in [6.07, 6.45) is 3.96. The number of hydrogen-bond acceptors (Lipinski definition) is 4. The van der Waals surface area contributed by atoms with Gasteiger partial charge >= 0.3 is 0 Å². The van der Waals surface area contributed by atoms with E-state index >= 15 is 0 Å². The van der Waals surface area contributed by atoms with E-state index in [1.807, 2.05) is 11.3 Å². The molecule has 1 aromatic rings. The summed E-state index contributed by atoms with van der Waals surface area (Å²) in [6.45, 7) is 8.42. The lowest BCUT2D eigenvalue weighted by molar-refractivity contribution is 0.257. The lowest BCUT2D eigenvalue weighted by Gasteiger charge is -2.21. The second kappa shape index (κ2) is 8.69. The minimum atomic E-state index is 1.10. The molecule has 108 valence electrons. The Balaban J connectivity index is 1.43. The van der Waals surface area contributed by atoms with Crippen molar-refractivity contribution < 1.29 is 0 Å². The van der Waals surface area contributed by atoms with E-state index in [2.05, 4.69) is 39.7 Å². The Labute approximate surface area is 121 Å². The minimum Gasteiger partial charge on any atom is -0.315 e. The SMILES string of the molecule is CN(CCNCCc1cccs1)CCN1CCCC1. The van der Waals surface area contributed by atoms with Crippen molar-refractivity contribution in [1.29, 1.82) is 0 Å². The molecule has 0 saturated carbocycles. The van der Waals surface area contributed by atoms with Crippen LogP contribution in [0.3, 0.4) is 0 Å². The summed E-state index contributed by atoms with van der Waals surface area (Å²) in [6, 6.07) is 4.35. The van der Waals surface area contributed by atoms with Gasteiger partial charge in [0, 0.05) is 37.6 Å². The molecule has 2 heterocycles. The highest BCUT2D eigenvalue weighted by Gasteiger charge is 2.11. The zero-order chi connectivity index (χ0) is 13.3. The first-order valence-electron chi connectivity index (χ1n) is 7.48. The Kier molecular flexibility index (Phi) is 6.85. The number of thiophene rings is 1. The van der Waals surface area contributed by atoms with Gasteiger partial charge in [0.15, 0.2) is 0 Å². The molecule has 0 radical (unpaired) electrons. The fraction of sp³-hybridized carbons (Fsp3) is 0.733. The molecule has 1 aliphatic heterocycles. The molecule has 1 aromatic heterocycles. The Morgan fingerprint density at radius 2 is 2.11 bits per heavy atom. The van der Waals surface area contributed by atoms with Crippen molar-refractivity contribution in [1.82, 2.24) is 15.1 Å². The van der Waals surface area contributed by atoms with Crippen molar-refractivity contribution in [3.63, 3.8) is 0 Å². The van der Waals surface area contributed by atoms with Crippen molar-refractivity contribution in [3.8, 4) is 0 Å². The van der Waals surface area contributed by atoms with Crippen LogP contribution in [0.25, 0.3) is 0 Å². The third kappa shape index (κ3) is 6.04. The molecular weight excluding hydrogens is 254 g/mol. The maximum Gasteiger partial charge on any atom is 0.0109 e. The molecular formula is C15H27N3S. The van der Waals surface area contributed by atoms with Crippen LogP contribution >= 0.6 is 11.3 Å². The maximum absolute atomic E-state index is 3.53. The van der Waals surface area contributed by atoms with Gasteiger partial charge in [-0.3, -0.25) is 0 Å². The van der Waals surface area contributed by atoms with Crippen LogP contribution in [0.15, 0.2) is 17.5 Å². The molecule has 0 amide bonds. The van der Waals surface area contributed by atoms with Gasteiger partial charge in [-0.15, -0.1) is 11.3 Å². The highest BCUT2D eigenvalue weighted by Crippen LogP contribution is 2.08. The highest BCUT2D eigenvalue weighted by atomic mass is 32.1. The molecule has 0 bridgehead atoms. The minimum absolute atomic E-state index is 1.10. The van der Waals surface area contributed by atoms with E-state index in [1.54, 1.807) is 0 Å². The summed E-state index contributed by atoms with van der Waals surface area (Å²) in [7, 11) is 2.23. The molecule has 0 spiro atoms. The molecule has 19 heavy (non-hydrogen) atoms. The number of nitrogens with zero attached hydrogens (tertiary/aromatic N) is 2. The van der Waals surface area contributed by atoms with E-state index in [-0.39, 0.29) is 0 Å². The van der Waals surface area contributed by atoms with Gasteiger partial charge in [0.05, 0.1) is 0 Å². The van der Waals surface area contributed by atoms with Crippen LogP contribution in [0.4, 0.5) is 0 Å². The van der Waals surface area contributed by atoms with Gasteiger partial charge in [-0.25, -0.2) is 0 Å². The van der Waals surface area contributed by atoms with E-state index in [0.29, 0.717) is 0 Å². The molecule has 0 aliphatic carbocycles. The van der Waals surface area contributed by atoms with E-state index in [1.165, 1.54) is 43.9 Å². The molecule has 1 saturated heterocycles. The zero-order valence-electron chi connectivity index (χ0n) is 12.1. The monoisotopic (exact) mass is 281 g/mol. The van der Waals surface area contributed by atoms with Gasteiger partial charge in [-0.1, -0.05) is 6.07 Å². The van der Waals surface area contributed by atoms with Gasteiger partial charge in [0.25, 0.3) is 0 Å². The van der Waals surface area contributed by atoms with Crippen LogP contribution in [-0.4, -0.2) is 62.7 Å². The van der Waals surface area contributed by atoms with Gasteiger partial charge in [-0.05, 0) is 50.8 Å². The average Bonchev–Trinajstić information content (AvgIpc) is 3.09. The summed E-state index contributed by atoms with van der Waals surface area (Å²) < 4.78 is 0. The summed E-state index contributed by atoms with van der Waals surface area (Å²) in [5.41, 5.74) is 0. The Bertz CT molecular complexity index is 320. The lowest BCUT2D eigenvalue weighted by Crippen LogP contribution is -2.35. The first-order chi connectivity index (χ1) is 9.34. The molecule has 1 aliphatic rings. The maximum atomic E-state index is 3.53. The quantitative estimate of drug-likeness (QED) is 0.698. The first kappa shape index (κ1) is 15.0. The van der Waals surface area contributed by atoms with E-state index in [9.17, 15) is 0 Å². The Morgan fingerprint density at radius 1 is 1.26 bits per heavy atom. The van der Waals surface area contributed by atoms with Gasteiger partial charge in [0.2, 0.25) is 0 Å². The Morgan fingerprint density at radius 3 is 2.84 bits per heavy atom. The van der Waals surface area contributed by atoms with E-state index < -0.39 is 0 Å². The van der Waals surface area contributed by atoms with Crippen LogP contribution in [-0.2, 0) is 6.42 Å². The fourth-order valence-electron chi connectivity index (χ4n) is 2.49. The summed E-state index contributed by atoms with van der Waals surface area (Å²) in [5.74, 6) is 0. The van der Waals surface area contributed by atoms with Gasteiger partial charge in [-0.2, -0.15) is 0 Å². The number of likely N-dealkylation sites (N-methyl/N-ethyl adjacent to an activating group) is 1. The van der Waals surface area contributed by atoms with Crippen molar-refractivity contribution in [3.05, 3.63) is 22.4 Å². The van der Waals surface area contributed by atoms with Crippen LogP contribution in [0, 0.1) is 0 Å². The number of rotatable bonds is 9. The second-order valence-corrected chi connectivity index (χ2v) is 6.46. The van der Waals surface area contributed by atoms with Gasteiger partial charge in [0.1, 0.15) is 0 Å². The summed E-state index contributed by atoms with van der Waals surface area (Å²) in [4.78, 5) is 6.51. The molecule has 2 rings (SSSR count). The lowest BCUT2D eigenvalue weighted by atomic mass is 10.3. The zero-order valence-corrected chi connectivity index (χ0v) is 12.9. The highest BCUT2D eigenvalue weighted by molar-refractivity contribution is 7.09. The number of hydrogen-bond donors (Lipinski definition) is 1. The second-order valence-electron chi connectivity index (χ2n) is 5.43. The standard InChI is InChI=1S/C15H27N3S/c1-17(12-13-18-9-2-3-10-18)11-8-16-7-6-15-5-4-14-19-15/h4-5,14,16H,2-3,6-13H2,1H3. The fourth-order valence-corrected chi connectivity index (χ4v) is 3.20. The molecule has 0 atom stereocenters. The largest absolute Gasteiger partial charge is 0.315 e. The van der Waals surface area contributed by atoms with Gasteiger partial charge < -0.3 is 15.1 Å². The van der Waals surface area contributed by atoms with Crippen LogP contribution in [0.1, 0.15) is 17.7 Å². The van der Waals surface area contributed by atoms with E-state index in [4.69, 9.17) is 0 Å². The average molecular weight is 281 g/mol. The van der Waals surface area contributed by atoms with Crippen LogP contribution < -0.4 is 5.32 Å². The third-order valence-electron chi connectivity index (χ3n) is 3.80. The first-order valence-corrected chi connectivity index (χ1v) is 8.36. The molecule has 0 unspecified atom stereocenters. The number of nitrogens with one attached hydrogen (secondary N) is 1. The third-order valence-corrected chi connectivity index (χ3v) is 4.73. The normalized spacial score (nSPS) is 16.5. The predicted molar refractivity (Wildman–Crippen MR) is 84.1 cm³/mol.